The summed E-state index contributed by atoms with van der Waals surface area (Å²) >= 11 is 5.49. The van der Waals surface area contributed by atoms with Crippen molar-refractivity contribution in [2.24, 2.45) is 5.73 Å². The molecule has 1 nitrogen and oxygen atoms in total. The van der Waals surface area contributed by atoms with Crippen LogP contribution in [0.25, 0.3) is 0 Å². The summed E-state index contributed by atoms with van der Waals surface area (Å²) in [7, 11) is 0. The van der Waals surface area contributed by atoms with Crippen molar-refractivity contribution in [3.05, 3.63) is 34.6 Å². The molecular weight excluding hydrogens is 215 g/mol. The fraction of sp³-hybridized carbons (Fsp3) is 0.333. The SMILES string of the molecule is NCC(c1ccc(Cl)cc1F)C(F)F. The smallest absolute Gasteiger partial charge is 0.246 e. The maximum absolute atomic E-state index is 13.2. The number of hydrogen-bond donors (Lipinski definition) is 1. The highest BCUT2D eigenvalue weighted by atomic mass is 35.5. The van der Waals surface area contributed by atoms with Crippen LogP contribution < -0.4 is 5.73 Å². The topological polar surface area (TPSA) is 26.0 Å². The minimum absolute atomic E-state index is 0.0908. The molecule has 0 aromatic heterocycles. The monoisotopic (exact) mass is 223 g/mol. The molecule has 0 saturated carbocycles. The molecule has 0 radical (unpaired) electrons. The molecule has 0 bridgehead atoms. The Balaban J connectivity index is 3.04. The van der Waals surface area contributed by atoms with Crippen LogP contribution in [0.4, 0.5) is 13.2 Å². The first-order chi connectivity index (χ1) is 6.56. The Kier molecular flexibility index (Phi) is 3.77. The molecule has 0 amide bonds. The highest BCUT2D eigenvalue weighted by Crippen LogP contribution is 2.26. The van der Waals surface area contributed by atoms with Gasteiger partial charge in [0, 0.05) is 11.6 Å². The van der Waals surface area contributed by atoms with E-state index in [4.69, 9.17) is 17.3 Å². The minimum Gasteiger partial charge on any atom is -0.330 e. The van der Waals surface area contributed by atoms with E-state index >= 15 is 0 Å². The third-order valence-electron chi connectivity index (χ3n) is 1.92. The Morgan fingerprint density at radius 3 is 2.43 bits per heavy atom. The van der Waals surface area contributed by atoms with Crippen molar-refractivity contribution >= 4 is 11.6 Å². The second kappa shape index (κ2) is 4.66. The Morgan fingerprint density at radius 1 is 1.36 bits per heavy atom. The van der Waals surface area contributed by atoms with Crippen molar-refractivity contribution in [3.8, 4) is 0 Å². The molecule has 1 rings (SSSR count). The van der Waals surface area contributed by atoms with Gasteiger partial charge < -0.3 is 5.73 Å². The fourth-order valence-corrected chi connectivity index (χ4v) is 1.33. The lowest BCUT2D eigenvalue weighted by atomic mass is 9.99. The minimum atomic E-state index is -2.67. The summed E-state index contributed by atoms with van der Waals surface area (Å²) in [5.74, 6) is -2.01. The van der Waals surface area contributed by atoms with E-state index < -0.39 is 18.2 Å². The van der Waals surface area contributed by atoms with Crippen molar-refractivity contribution in [1.29, 1.82) is 0 Å². The van der Waals surface area contributed by atoms with E-state index in [9.17, 15) is 13.2 Å². The molecule has 1 atom stereocenters. The van der Waals surface area contributed by atoms with E-state index in [1.165, 1.54) is 12.1 Å². The van der Waals surface area contributed by atoms with Crippen LogP contribution in [-0.4, -0.2) is 13.0 Å². The van der Waals surface area contributed by atoms with Crippen molar-refractivity contribution in [2.45, 2.75) is 12.3 Å². The Labute approximate surface area is 84.7 Å². The molecule has 78 valence electrons. The Hall–Kier alpha value is -0.740. The third-order valence-corrected chi connectivity index (χ3v) is 2.16. The first kappa shape index (κ1) is 11.3. The van der Waals surface area contributed by atoms with E-state index in [-0.39, 0.29) is 17.1 Å². The second-order valence-corrected chi connectivity index (χ2v) is 3.28. The Bertz CT molecular complexity index is 317. The standard InChI is InChI=1S/C9H9ClF3N/c10-5-1-2-6(8(11)3-5)7(4-14)9(12)13/h1-3,7,9H,4,14H2. The van der Waals surface area contributed by atoms with Crippen molar-refractivity contribution in [3.63, 3.8) is 0 Å². The highest BCUT2D eigenvalue weighted by Gasteiger charge is 2.23. The molecule has 1 unspecified atom stereocenters. The number of benzene rings is 1. The lowest BCUT2D eigenvalue weighted by molar-refractivity contribution is 0.115. The van der Waals surface area contributed by atoms with Crippen LogP contribution in [0.5, 0.6) is 0 Å². The van der Waals surface area contributed by atoms with Crippen LogP contribution in [0.2, 0.25) is 5.02 Å². The van der Waals surface area contributed by atoms with E-state index in [0.29, 0.717) is 0 Å². The number of rotatable bonds is 3. The molecule has 1 aromatic carbocycles. The second-order valence-electron chi connectivity index (χ2n) is 2.84. The van der Waals surface area contributed by atoms with Crippen LogP contribution in [0.3, 0.4) is 0 Å². The van der Waals surface area contributed by atoms with Crippen molar-refractivity contribution in [1.82, 2.24) is 0 Å². The van der Waals surface area contributed by atoms with Crippen LogP contribution in [0, 0.1) is 5.82 Å². The van der Waals surface area contributed by atoms with Gasteiger partial charge in [-0.05, 0) is 17.7 Å². The van der Waals surface area contributed by atoms with E-state index in [0.717, 1.165) is 6.07 Å². The van der Waals surface area contributed by atoms with Gasteiger partial charge in [0.1, 0.15) is 5.82 Å². The molecule has 14 heavy (non-hydrogen) atoms. The summed E-state index contributed by atoms with van der Waals surface area (Å²) in [5.41, 5.74) is 5.04. The quantitative estimate of drug-likeness (QED) is 0.838. The summed E-state index contributed by atoms with van der Waals surface area (Å²) in [6.45, 7) is -0.295. The van der Waals surface area contributed by atoms with Gasteiger partial charge in [-0.3, -0.25) is 0 Å². The first-order valence-electron chi connectivity index (χ1n) is 3.99. The van der Waals surface area contributed by atoms with E-state index in [2.05, 4.69) is 0 Å². The van der Waals surface area contributed by atoms with Gasteiger partial charge in [0.25, 0.3) is 0 Å². The van der Waals surface area contributed by atoms with Gasteiger partial charge >= 0.3 is 0 Å². The van der Waals surface area contributed by atoms with Crippen LogP contribution in [0.1, 0.15) is 11.5 Å². The van der Waals surface area contributed by atoms with Gasteiger partial charge in [-0.2, -0.15) is 0 Å². The zero-order valence-corrected chi connectivity index (χ0v) is 7.94. The van der Waals surface area contributed by atoms with E-state index in [1.807, 2.05) is 0 Å². The van der Waals surface area contributed by atoms with Crippen LogP contribution in [0.15, 0.2) is 18.2 Å². The Morgan fingerprint density at radius 2 is 2.00 bits per heavy atom. The van der Waals surface area contributed by atoms with Gasteiger partial charge in [0.05, 0.1) is 5.92 Å². The van der Waals surface area contributed by atoms with Gasteiger partial charge in [-0.25, -0.2) is 13.2 Å². The summed E-state index contributed by atoms with van der Waals surface area (Å²) in [5, 5.41) is 0.177. The average Bonchev–Trinajstić information content (AvgIpc) is 2.09. The average molecular weight is 224 g/mol. The molecule has 0 saturated heterocycles. The van der Waals surface area contributed by atoms with Gasteiger partial charge in [0.2, 0.25) is 6.43 Å². The molecule has 1 aromatic rings. The summed E-state index contributed by atoms with van der Waals surface area (Å²) in [4.78, 5) is 0. The predicted molar refractivity (Wildman–Crippen MR) is 49.2 cm³/mol. The maximum atomic E-state index is 13.2. The third kappa shape index (κ3) is 2.39. The lowest BCUT2D eigenvalue weighted by Gasteiger charge is -2.14. The fourth-order valence-electron chi connectivity index (χ4n) is 1.17. The number of alkyl halides is 2. The number of nitrogens with two attached hydrogens (primary N) is 1. The highest BCUT2D eigenvalue weighted by molar-refractivity contribution is 6.30. The maximum Gasteiger partial charge on any atom is 0.246 e. The molecule has 5 heteroatoms. The summed E-state index contributed by atoms with van der Waals surface area (Å²) in [6, 6.07) is 3.61. The molecule has 0 fully saturated rings. The number of halogens is 4. The largest absolute Gasteiger partial charge is 0.330 e. The molecule has 0 aliphatic carbocycles. The molecule has 0 heterocycles. The molecular formula is C9H9ClF3N. The normalized spacial score (nSPS) is 13.3. The molecule has 0 aliphatic heterocycles. The van der Waals surface area contributed by atoms with Gasteiger partial charge in [-0.15, -0.1) is 0 Å². The number of hydrogen-bond acceptors (Lipinski definition) is 1. The van der Waals surface area contributed by atoms with Gasteiger partial charge in [0.15, 0.2) is 0 Å². The summed E-state index contributed by atoms with van der Waals surface area (Å²) < 4.78 is 37.9. The van der Waals surface area contributed by atoms with Crippen LogP contribution >= 0.6 is 11.6 Å². The first-order valence-corrected chi connectivity index (χ1v) is 4.37. The van der Waals surface area contributed by atoms with Crippen molar-refractivity contribution in [2.75, 3.05) is 6.54 Å². The summed E-state index contributed by atoms with van der Waals surface area (Å²) in [6.07, 6.45) is -2.67. The lowest BCUT2D eigenvalue weighted by Crippen LogP contribution is -2.20. The van der Waals surface area contributed by atoms with E-state index in [1.54, 1.807) is 0 Å². The zero-order chi connectivity index (χ0) is 10.7. The van der Waals surface area contributed by atoms with Crippen molar-refractivity contribution < 1.29 is 13.2 Å². The molecule has 0 spiro atoms. The molecule has 2 N–H and O–H groups in total. The molecule has 0 aliphatic rings. The zero-order valence-electron chi connectivity index (χ0n) is 7.18. The predicted octanol–water partition coefficient (Wildman–Crippen LogP) is 2.79. The van der Waals surface area contributed by atoms with Gasteiger partial charge in [-0.1, -0.05) is 17.7 Å². The van der Waals surface area contributed by atoms with Crippen LogP contribution in [-0.2, 0) is 0 Å².